The molecule has 0 amide bonds. The highest BCUT2D eigenvalue weighted by Crippen LogP contribution is 2.36. The Morgan fingerprint density at radius 3 is 2.30 bits per heavy atom. The molecule has 0 radical (unpaired) electrons. The normalized spacial score (nSPS) is 20.8. The first-order chi connectivity index (χ1) is 9.55. The summed E-state index contributed by atoms with van der Waals surface area (Å²) in [6, 6.07) is 0. The van der Waals surface area contributed by atoms with E-state index in [2.05, 4.69) is 15.3 Å². The molecule has 6 heteroatoms. The van der Waals surface area contributed by atoms with Crippen molar-refractivity contribution in [3.05, 3.63) is 22.8 Å². The van der Waals surface area contributed by atoms with Gasteiger partial charge in [-0.15, -0.1) is 0 Å². The molecule has 2 aliphatic rings. The summed E-state index contributed by atoms with van der Waals surface area (Å²) >= 11 is 0. The SMILES string of the molecule is FC(F)(F)c1nc(C2CCCCCC2)nc2c1CNC2. The molecule has 0 bridgehead atoms. The topological polar surface area (TPSA) is 37.8 Å². The molecule has 110 valence electrons. The number of aromatic nitrogens is 2. The van der Waals surface area contributed by atoms with Crippen molar-refractivity contribution in [3.8, 4) is 0 Å². The van der Waals surface area contributed by atoms with Gasteiger partial charge in [0.1, 0.15) is 5.82 Å². The Labute approximate surface area is 116 Å². The Hall–Kier alpha value is -1.17. The van der Waals surface area contributed by atoms with Crippen LogP contribution in [0.1, 0.15) is 67.2 Å². The van der Waals surface area contributed by atoms with E-state index in [4.69, 9.17) is 0 Å². The van der Waals surface area contributed by atoms with E-state index in [1.807, 2.05) is 0 Å². The van der Waals surface area contributed by atoms with Crippen LogP contribution >= 0.6 is 0 Å². The fourth-order valence-corrected chi connectivity index (χ4v) is 3.14. The monoisotopic (exact) mass is 285 g/mol. The summed E-state index contributed by atoms with van der Waals surface area (Å²) in [5, 5.41) is 2.94. The van der Waals surface area contributed by atoms with Crippen molar-refractivity contribution in [2.24, 2.45) is 0 Å². The van der Waals surface area contributed by atoms with Gasteiger partial charge in [0.25, 0.3) is 0 Å². The summed E-state index contributed by atoms with van der Waals surface area (Å²) in [5.74, 6) is 0.492. The minimum Gasteiger partial charge on any atom is -0.307 e. The maximum atomic E-state index is 13.2. The number of rotatable bonds is 1. The Morgan fingerprint density at radius 2 is 1.65 bits per heavy atom. The smallest absolute Gasteiger partial charge is 0.307 e. The molecule has 2 heterocycles. The summed E-state index contributed by atoms with van der Waals surface area (Å²) in [6.07, 6.45) is 1.87. The first-order valence-corrected chi connectivity index (χ1v) is 7.23. The van der Waals surface area contributed by atoms with Crippen LogP contribution in [0.25, 0.3) is 0 Å². The molecule has 1 fully saturated rings. The number of hydrogen-bond donors (Lipinski definition) is 1. The molecule has 1 aromatic rings. The predicted molar refractivity (Wildman–Crippen MR) is 68.0 cm³/mol. The lowest BCUT2D eigenvalue weighted by Gasteiger charge is -2.17. The van der Waals surface area contributed by atoms with Gasteiger partial charge < -0.3 is 5.32 Å². The molecule has 1 aliphatic heterocycles. The largest absolute Gasteiger partial charge is 0.433 e. The van der Waals surface area contributed by atoms with Crippen molar-refractivity contribution in [1.29, 1.82) is 0 Å². The van der Waals surface area contributed by atoms with Gasteiger partial charge in [-0.3, -0.25) is 0 Å². The standard InChI is InChI=1S/C14H18F3N3/c15-14(16,17)12-10-7-18-8-11(10)19-13(20-12)9-5-3-1-2-4-6-9/h9,18H,1-8H2. The highest BCUT2D eigenvalue weighted by molar-refractivity contribution is 5.31. The third kappa shape index (κ3) is 2.66. The van der Waals surface area contributed by atoms with Gasteiger partial charge in [0, 0.05) is 24.6 Å². The first-order valence-electron chi connectivity index (χ1n) is 7.23. The maximum Gasteiger partial charge on any atom is 0.433 e. The average Bonchev–Trinajstić information content (AvgIpc) is 2.69. The second-order valence-electron chi connectivity index (χ2n) is 5.65. The second kappa shape index (κ2) is 5.31. The van der Waals surface area contributed by atoms with Crippen molar-refractivity contribution >= 4 is 0 Å². The van der Waals surface area contributed by atoms with Crippen LogP contribution in [0.3, 0.4) is 0 Å². The number of fused-ring (bicyclic) bond motifs is 1. The fourth-order valence-electron chi connectivity index (χ4n) is 3.14. The molecule has 1 aromatic heterocycles. The Bertz CT molecular complexity index is 491. The molecular formula is C14H18F3N3. The molecule has 0 atom stereocenters. The number of nitrogens with one attached hydrogen (secondary N) is 1. The molecule has 20 heavy (non-hydrogen) atoms. The summed E-state index contributed by atoms with van der Waals surface area (Å²) in [6.45, 7) is 0.635. The molecule has 0 saturated heterocycles. The third-order valence-corrected chi connectivity index (χ3v) is 4.19. The minimum absolute atomic E-state index is 0.0875. The molecule has 0 aromatic carbocycles. The van der Waals surface area contributed by atoms with Gasteiger partial charge >= 0.3 is 6.18 Å². The second-order valence-corrected chi connectivity index (χ2v) is 5.65. The van der Waals surface area contributed by atoms with Crippen LogP contribution < -0.4 is 5.32 Å². The van der Waals surface area contributed by atoms with Crippen molar-refractivity contribution in [2.75, 3.05) is 0 Å². The summed E-state index contributed by atoms with van der Waals surface area (Å²) < 4.78 is 39.5. The van der Waals surface area contributed by atoms with E-state index in [1.165, 1.54) is 0 Å². The van der Waals surface area contributed by atoms with Crippen LogP contribution in [0.5, 0.6) is 0 Å². The van der Waals surface area contributed by atoms with Crippen LogP contribution in [0.2, 0.25) is 0 Å². The van der Waals surface area contributed by atoms with Gasteiger partial charge in [0.15, 0.2) is 5.69 Å². The summed E-state index contributed by atoms with van der Waals surface area (Å²) in [4.78, 5) is 8.32. The van der Waals surface area contributed by atoms with E-state index in [0.29, 0.717) is 18.1 Å². The van der Waals surface area contributed by atoms with E-state index in [1.54, 1.807) is 0 Å². The quantitative estimate of drug-likeness (QED) is 0.802. The number of hydrogen-bond acceptors (Lipinski definition) is 3. The summed E-state index contributed by atoms with van der Waals surface area (Å²) in [5.41, 5.74) is 0.0354. The van der Waals surface area contributed by atoms with Gasteiger partial charge in [-0.25, -0.2) is 9.97 Å². The zero-order valence-electron chi connectivity index (χ0n) is 11.3. The van der Waals surface area contributed by atoms with Gasteiger partial charge in [-0.2, -0.15) is 13.2 Å². The number of halogens is 3. The summed E-state index contributed by atoms with van der Waals surface area (Å²) in [7, 11) is 0. The zero-order valence-corrected chi connectivity index (χ0v) is 11.3. The molecular weight excluding hydrogens is 267 g/mol. The zero-order chi connectivity index (χ0) is 14.2. The first kappa shape index (κ1) is 13.8. The van der Waals surface area contributed by atoms with Crippen molar-refractivity contribution in [2.45, 2.75) is 63.7 Å². The maximum absolute atomic E-state index is 13.2. The average molecular weight is 285 g/mol. The van der Waals surface area contributed by atoms with E-state index < -0.39 is 11.9 Å². The molecule has 1 aliphatic carbocycles. The van der Waals surface area contributed by atoms with Crippen LogP contribution in [-0.2, 0) is 19.3 Å². The lowest BCUT2D eigenvalue weighted by molar-refractivity contribution is -0.142. The van der Waals surface area contributed by atoms with E-state index in [0.717, 1.165) is 38.5 Å². The van der Waals surface area contributed by atoms with Gasteiger partial charge in [0.2, 0.25) is 0 Å². The minimum atomic E-state index is -4.39. The van der Waals surface area contributed by atoms with E-state index in [-0.39, 0.29) is 18.0 Å². The fraction of sp³-hybridized carbons (Fsp3) is 0.714. The van der Waals surface area contributed by atoms with E-state index in [9.17, 15) is 13.2 Å². The third-order valence-electron chi connectivity index (χ3n) is 4.19. The number of nitrogens with zero attached hydrogens (tertiary/aromatic N) is 2. The van der Waals surface area contributed by atoms with E-state index >= 15 is 0 Å². The highest BCUT2D eigenvalue weighted by Gasteiger charge is 2.39. The molecule has 1 N–H and O–H groups in total. The molecule has 0 spiro atoms. The lowest BCUT2D eigenvalue weighted by atomic mass is 9.99. The predicted octanol–water partition coefficient (Wildman–Crippen LogP) is 3.54. The van der Waals surface area contributed by atoms with Gasteiger partial charge in [0.05, 0.1) is 5.69 Å². The molecule has 3 rings (SSSR count). The van der Waals surface area contributed by atoms with Crippen LogP contribution in [0.4, 0.5) is 13.2 Å². The van der Waals surface area contributed by atoms with Crippen molar-refractivity contribution in [1.82, 2.24) is 15.3 Å². The van der Waals surface area contributed by atoms with Crippen LogP contribution in [-0.4, -0.2) is 9.97 Å². The number of alkyl halides is 3. The Balaban J connectivity index is 1.99. The van der Waals surface area contributed by atoms with Crippen LogP contribution in [0, 0.1) is 0 Å². The molecule has 1 saturated carbocycles. The van der Waals surface area contributed by atoms with Gasteiger partial charge in [-0.05, 0) is 12.8 Å². The van der Waals surface area contributed by atoms with Crippen molar-refractivity contribution in [3.63, 3.8) is 0 Å². The van der Waals surface area contributed by atoms with Gasteiger partial charge in [-0.1, -0.05) is 25.7 Å². The highest BCUT2D eigenvalue weighted by atomic mass is 19.4. The molecule has 0 unspecified atom stereocenters. The Morgan fingerprint density at radius 1 is 0.950 bits per heavy atom. The lowest BCUT2D eigenvalue weighted by Crippen LogP contribution is -2.17. The Kier molecular flexibility index (Phi) is 3.67. The van der Waals surface area contributed by atoms with Crippen LogP contribution in [0.15, 0.2) is 0 Å². The van der Waals surface area contributed by atoms with Crippen molar-refractivity contribution < 1.29 is 13.2 Å². The molecule has 3 nitrogen and oxygen atoms in total.